The van der Waals surface area contributed by atoms with Crippen molar-refractivity contribution in [3.8, 4) is 0 Å². The summed E-state index contributed by atoms with van der Waals surface area (Å²) in [6, 6.07) is 0. The maximum absolute atomic E-state index is 11.3. The van der Waals surface area contributed by atoms with Crippen molar-refractivity contribution in [3.63, 3.8) is 0 Å². The lowest BCUT2D eigenvalue weighted by Crippen LogP contribution is -2.25. The van der Waals surface area contributed by atoms with Crippen molar-refractivity contribution >= 4 is 34.8 Å². The van der Waals surface area contributed by atoms with Crippen LogP contribution in [0.15, 0.2) is 4.99 Å². The van der Waals surface area contributed by atoms with Crippen molar-refractivity contribution in [2.45, 2.75) is 46.6 Å². The maximum Gasteiger partial charge on any atom is 0.328 e. The zero-order valence-electron chi connectivity index (χ0n) is 10.8. The Morgan fingerprint density at radius 3 is 2.31 bits per heavy atom. The van der Waals surface area contributed by atoms with Crippen LogP contribution >= 0.6 is 22.6 Å². The molecule has 0 atom stereocenters. The van der Waals surface area contributed by atoms with Gasteiger partial charge in [0, 0.05) is 4.43 Å². The number of carbonyl (C=O) groups excluding carboxylic acids is 1. The van der Waals surface area contributed by atoms with E-state index in [1.807, 2.05) is 27.0 Å². The predicted octanol–water partition coefficient (Wildman–Crippen LogP) is 3.25. The predicted molar refractivity (Wildman–Crippen MR) is 76.5 cm³/mol. The second kappa shape index (κ2) is 6.57. The van der Waals surface area contributed by atoms with Crippen LogP contribution in [0, 0.1) is 5.41 Å². The van der Waals surface area contributed by atoms with Gasteiger partial charge in [0.25, 0.3) is 0 Å². The summed E-state index contributed by atoms with van der Waals surface area (Å²) in [5.41, 5.74) is -0.175. The minimum Gasteiger partial charge on any atom is -0.459 e. The number of aliphatic imine (C=N–C) groups is 1. The zero-order valence-corrected chi connectivity index (χ0v) is 13.0. The maximum atomic E-state index is 11.3. The summed E-state index contributed by atoms with van der Waals surface area (Å²) in [5, 5.41) is 0. The van der Waals surface area contributed by atoms with Gasteiger partial charge < -0.3 is 4.74 Å². The molecule has 4 heteroatoms. The monoisotopic (exact) mass is 339 g/mol. The average molecular weight is 339 g/mol. The van der Waals surface area contributed by atoms with E-state index < -0.39 is 5.60 Å². The fraction of sp³-hybridized carbons (Fsp3) is 0.833. The van der Waals surface area contributed by atoms with Gasteiger partial charge in [-0.25, -0.2) is 0 Å². The van der Waals surface area contributed by atoms with E-state index in [0.29, 0.717) is 0 Å². The van der Waals surface area contributed by atoms with E-state index in [2.05, 4.69) is 41.4 Å². The van der Waals surface area contributed by atoms with Gasteiger partial charge in [-0.1, -0.05) is 36.4 Å². The molecule has 94 valence electrons. The first-order chi connectivity index (χ1) is 7.16. The highest BCUT2D eigenvalue weighted by Gasteiger charge is 2.16. The third-order valence-electron chi connectivity index (χ3n) is 1.78. The number of ether oxygens (including phenoxy) is 1. The fourth-order valence-electron chi connectivity index (χ4n) is 0.879. The highest BCUT2D eigenvalue weighted by molar-refractivity contribution is 14.1. The molecule has 0 aliphatic carbocycles. The number of rotatable bonds is 5. The Bertz CT molecular complexity index is 254. The van der Waals surface area contributed by atoms with Crippen LogP contribution in [0.5, 0.6) is 0 Å². The Morgan fingerprint density at radius 2 is 1.88 bits per heavy atom. The van der Waals surface area contributed by atoms with E-state index in [9.17, 15) is 4.79 Å². The normalized spacial score (nSPS) is 13.1. The van der Waals surface area contributed by atoms with Crippen LogP contribution in [-0.4, -0.2) is 28.8 Å². The summed E-state index contributed by atoms with van der Waals surface area (Å²) in [4.78, 5) is 15.4. The second-order valence-corrected chi connectivity index (χ2v) is 6.37. The molecule has 16 heavy (non-hydrogen) atoms. The van der Waals surface area contributed by atoms with Crippen molar-refractivity contribution in [2.24, 2.45) is 10.4 Å². The molecule has 0 aromatic heterocycles. The minimum atomic E-state index is -0.423. The summed E-state index contributed by atoms with van der Waals surface area (Å²) in [6.07, 6.45) is 2.71. The molecule has 0 aliphatic rings. The molecule has 0 unspecified atom stereocenters. The van der Waals surface area contributed by atoms with Crippen LogP contribution < -0.4 is 0 Å². The first-order valence-electron chi connectivity index (χ1n) is 5.42. The van der Waals surface area contributed by atoms with Crippen LogP contribution in [0.2, 0.25) is 0 Å². The summed E-state index contributed by atoms with van der Waals surface area (Å²) >= 11 is 2.36. The minimum absolute atomic E-state index is 0.120. The number of hydrogen-bond acceptors (Lipinski definition) is 3. The molecule has 0 saturated heterocycles. The molecule has 0 N–H and O–H groups in total. The lowest BCUT2D eigenvalue weighted by molar-refractivity contribution is -0.152. The SMILES string of the molecule is CC(C)(CI)CC=NCC(=O)OC(C)(C)C. The molecule has 0 aromatic rings. The number of esters is 1. The molecular weight excluding hydrogens is 317 g/mol. The van der Waals surface area contributed by atoms with Gasteiger partial charge in [0.2, 0.25) is 0 Å². The molecule has 0 aliphatic heterocycles. The van der Waals surface area contributed by atoms with E-state index >= 15 is 0 Å². The van der Waals surface area contributed by atoms with Crippen molar-refractivity contribution in [1.29, 1.82) is 0 Å². The molecule has 0 heterocycles. The van der Waals surface area contributed by atoms with Crippen LogP contribution in [0.1, 0.15) is 41.0 Å². The largest absolute Gasteiger partial charge is 0.459 e. The van der Waals surface area contributed by atoms with Crippen molar-refractivity contribution < 1.29 is 9.53 Å². The van der Waals surface area contributed by atoms with E-state index in [1.54, 1.807) is 0 Å². The summed E-state index contributed by atoms with van der Waals surface area (Å²) < 4.78 is 6.21. The first-order valence-corrected chi connectivity index (χ1v) is 6.95. The molecule has 0 radical (unpaired) electrons. The van der Waals surface area contributed by atoms with Gasteiger partial charge in [-0.2, -0.15) is 0 Å². The molecular formula is C12H22INO2. The Hall–Kier alpha value is -0.130. The van der Waals surface area contributed by atoms with Crippen molar-refractivity contribution in [1.82, 2.24) is 0 Å². The lowest BCUT2D eigenvalue weighted by atomic mass is 9.93. The van der Waals surface area contributed by atoms with Crippen LogP contribution in [0.25, 0.3) is 0 Å². The van der Waals surface area contributed by atoms with Gasteiger partial charge in [-0.3, -0.25) is 9.79 Å². The summed E-state index contributed by atoms with van der Waals surface area (Å²) in [7, 11) is 0. The van der Waals surface area contributed by atoms with Gasteiger partial charge in [0.1, 0.15) is 12.1 Å². The van der Waals surface area contributed by atoms with Crippen molar-refractivity contribution in [3.05, 3.63) is 0 Å². The van der Waals surface area contributed by atoms with Gasteiger partial charge in [-0.15, -0.1) is 0 Å². The molecule has 0 aromatic carbocycles. The Kier molecular flexibility index (Phi) is 6.51. The Morgan fingerprint density at radius 1 is 1.31 bits per heavy atom. The number of hydrogen-bond donors (Lipinski definition) is 0. The topological polar surface area (TPSA) is 38.7 Å². The lowest BCUT2D eigenvalue weighted by Gasteiger charge is -2.19. The Labute approximate surface area is 112 Å². The van der Waals surface area contributed by atoms with Gasteiger partial charge in [-0.05, 0) is 38.8 Å². The zero-order chi connectivity index (χ0) is 12.8. The third kappa shape index (κ3) is 9.12. The summed E-state index contributed by atoms with van der Waals surface area (Å²) in [6.45, 7) is 10.0. The number of halogens is 1. The second-order valence-electron chi connectivity index (χ2n) is 5.61. The highest BCUT2D eigenvalue weighted by Crippen LogP contribution is 2.21. The number of alkyl halides is 1. The Balaban J connectivity index is 3.89. The molecule has 0 rings (SSSR count). The quantitative estimate of drug-likeness (QED) is 0.334. The van der Waals surface area contributed by atoms with E-state index in [1.165, 1.54) is 0 Å². The standard InChI is InChI=1S/C12H22INO2/c1-11(2,3)16-10(15)8-14-7-6-12(4,5)9-13/h7H,6,8-9H2,1-5H3. The van der Waals surface area contributed by atoms with Crippen molar-refractivity contribution in [2.75, 3.05) is 11.0 Å². The summed E-state index contributed by atoms with van der Waals surface area (Å²) in [5.74, 6) is -0.268. The molecule has 3 nitrogen and oxygen atoms in total. The van der Waals surface area contributed by atoms with Gasteiger partial charge in [0.15, 0.2) is 0 Å². The van der Waals surface area contributed by atoms with Crippen LogP contribution in [0.3, 0.4) is 0 Å². The van der Waals surface area contributed by atoms with Crippen LogP contribution in [-0.2, 0) is 9.53 Å². The first kappa shape index (κ1) is 15.9. The molecule has 0 bridgehead atoms. The van der Waals surface area contributed by atoms with E-state index in [4.69, 9.17) is 4.74 Å². The smallest absolute Gasteiger partial charge is 0.328 e. The number of nitrogens with zero attached hydrogens (tertiary/aromatic N) is 1. The highest BCUT2D eigenvalue weighted by atomic mass is 127. The van der Waals surface area contributed by atoms with E-state index in [0.717, 1.165) is 10.8 Å². The number of carbonyl (C=O) groups is 1. The molecule has 0 saturated carbocycles. The van der Waals surface area contributed by atoms with Gasteiger partial charge in [0.05, 0.1) is 0 Å². The third-order valence-corrected chi connectivity index (χ3v) is 3.84. The van der Waals surface area contributed by atoms with Gasteiger partial charge >= 0.3 is 5.97 Å². The average Bonchev–Trinajstić information content (AvgIpc) is 2.10. The fourth-order valence-corrected chi connectivity index (χ4v) is 1.19. The molecule has 0 amide bonds. The van der Waals surface area contributed by atoms with Crippen LogP contribution in [0.4, 0.5) is 0 Å². The molecule has 0 fully saturated rings. The van der Waals surface area contributed by atoms with E-state index in [-0.39, 0.29) is 17.9 Å². The molecule has 0 spiro atoms.